The van der Waals surface area contributed by atoms with Crippen molar-refractivity contribution >= 4 is 21.9 Å². The highest BCUT2D eigenvalue weighted by molar-refractivity contribution is 6.05. The van der Waals surface area contributed by atoms with Crippen molar-refractivity contribution in [1.82, 2.24) is 15.0 Å². The number of para-hydroxylation sites is 1. The molecule has 3 rings (SSSR count). The van der Waals surface area contributed by atoms with Crippen molar-refractivity contribution in [2.75, 3.05) is 7.11 Å². The van der Waals surface area contributed by atoms with Crippen molar-refractivity contribution < 1.29 is 4.74 Å². The summed E-state index contributed by atoms with van der Waals surface area (Å²) in [7, 11) is 1.61. The summed E-state index contributed by atoms with van der Waals surface area (Å²) in [5.41, 5.74) is 1.47. The molecule has 2 heterocycles. The standard InChI is InChI=1S/C16H17N3O2/c1-10(21-2)6-5-9-13-18-15-14(16(20)19-13)11-7-3-4-8-12(11)17-15/h3-4,7-8H,1,5-6,9H2,2H3,(H2,17,18,19,20). The van der Waals surface area contributed by atoms with Crippen LogP contribution < -0.4 is 5.56 Å². The third-order valence-corrected chi connectivity index (χ3v) is 3.58. The van der Waals surface area contributed by atoms with Crippen LogP contribution in [0.2, 0.25) is 0 Å². The molecule has 21 heavy (non-hydrogen) atoms. The van der Waals surface area contributed by atoms with Gasteiger partial charge in [-0.15, -0.1) is 0 Å². The van der Waals surface area contributed by atoms with E-state index in [1.807, 2.05) is 24.3 Å². The van der Waals surface area contributed by atoms with Gasteiger partial charge in [-0.1, -0.05) is 24.8 Å². The Labute approximate surface area is 121 Å². The van der Waals surface area contributed by atoms with Crippen LogP contribution in [0, 0.1) is 0 Å². The lowest BCUT2D eigenvalue weighted by Crippen LogP contribution is -2.11. The molecule has 5 heteroatoms. The lowest BCUT2D eigenvalue weighted by Gasteiger charge is -2.03. The molecular formula is C16H17N3O2. The molecule has 0 amide bonds. The van der Waals surface area contributed by atoms with E-state index in [1.54, 1.807) is 7.11 Å². The Morgan fingerprint density at radius 1 is 1.33 bits per heavy atom. The maximum Gasteiger partial charge on any atom is 0.261 e. The number of hydrogen-bond acceptors (Lipinski definition) is 3. The zero-order valence-corrected chi connectivity index (χ0v) is 11.9. The molecule has 0 unspecified atom stereocenters. The smallest absolute Gasteiger partial charge is 0.261 e. The number of fused-ring (bicyclic) bond motifs is 3. The third kappa shape index (κ3) is 2.54. The summed E-state index contributed by atoms with van der Waals surface area (Å²) in [4.78, 5) is 22.8. The molecule has 0 saturated carbocycles. The van der Waals surface area contributed by atoms with Crippen LogP contribution in [-0.4, -0.2) is 22.1 Å². The number of hydrogen-bond donors (Lipinski definition) is 2. The Morgan fingerprint density at radius 3 is 2.95 bits per heavy atom. The second-order valence-electron chi connectivity index (χ2n) is 5.00. The van der Waals surface area contributed by atoms with E-state index in [4.69, 9.17) is 4.74 Å². The largest absolute Gasteiger partial charge is 0.502 e. The average Bonchev–Trinajstić information content (AvgIpc) is 2.85. The quantitative estimate of drug-likeness (QED) is 0.707. The molecule has 0 spiro atoms. The van der Waals surface area contributed by atoms with E-state index in [1.165, 1.54) is 0 Å². The van der Waals surface area contributed by atoms with Crippen LogP contribution in [-0.2, 0) is 11.2 Å². The minimum atomic E-state index is -0.0991. The van der Waals surface area contributed by atoms with E-state index in [0.29, 0.717) is 23.3 Å². The maximum atomic E-state index is 12.3. The monoisotopic (exact) mass is 283 g/mol. The predicted octanol–water partition coefficient (Wildman–Crippen LogP) is 2.89. The highest BCUT2D eigenvalue weighted by atomic mass is 16.5. The van der Waals surface area contributed by atoms with Gasteiger partial charge in [-0.25, -0.2) is 4.98 Å². The van der Waals surface area contributed by atoms with Crippen molar-refractivity contribution in [3.63, 3.8) is 0 Å². The topological polar surface area (TPSA) is 70.8 Å². The highest BCUT2D eigenvalue weighted by Crippen LogP contribution is 2.20. The van der Waals surface area contributed by atoms with Crippen LogP contribution in [0.3, 0.4) is 0 Å². The third-order valence-electron chi connectivity index (χ3n) is 3.58. The number of methoxy groups -OCH3 is 1. The summed E-state index contributed by atoms with van der Waals surface area (Å²) in [5.74, 6) is 1.42. The van der Waals surface area contributed by atoms with Crippen molar-refractivity contribution in [3.05, 3.63) is 52.8 Å². The van der Waals surface area contributed by atoms with Crippen molar-refractivity contribution in [2.45, 2.75) is 19.3 Å². The fraction of sp³-hybridized carbons (Fsp3) is 0.250. The van der Waals surface area contributed by atoms with Crippen molar-refractivity contribution in [3.8, 4) is 0 Å². The molecule has 0 atom stereocenters. The molecule has 0 aliphatic rings. The predicted molar refractivity (Wildman–Crippen MR) is 83.3 cm³/mol. The Morgan fingerprint density at radius 2 is 2.14 bits per heavy atom. The number of aryl methyl sites for hydroxylation is 1. The van der Waals surface area contributed by atoms with E-state index in [0.717, 1.165) is 29.5 Å². The second kappa shape index (κ2) is 5.44. The number of aromatic amines is 2. The first kappa shape index (κ1) is 13.4. The molecule has 3 aromatic rings. The number of aromatic nitrogens is 3. The van der Waals surface area contributed by atoms with E-state index in [9.17, 15) is 4.79 Å². The molecule has 0 saturated heterocycles. The van der Waals surface area contributed by atoms with Gasteiger partial charge in [0.1, 0.15) is 11.5 Å². The number of benzene rings is 1. The van der Waals surface area contributed by atoms with E-state index < -0.39 is 0 Å². The Kier molecular flexibility index (Phi) is 3.48. The van der Waals surface area contributed by atoms with E-state index >= 15 is 0 Å². The van der Waals surface area contributed by atoms with Gasteiger partial charge in [0.25, 0.3) is 5.56 Å². The Hall–Kier alpha value is -2.56. The highest BCUT2D eigenvalue weighted by Gasteiger charge is 2.10. The molecule has 108 valence electrons. The zero-order chi connectivity index (χ0) is 14.8. The van der Waals surface area contributed by atoms with Crippen LogP contribution in [0.1, 0.15) is 18.7 Å². The van der Waals surface area contributed by atoms with Gasteiger partial charge < -0.3 is 14.7 Å². The minimum absolute atomic E-state index is 0.0991. The number of nitrogens with zero attached hydrogens (tertiary/aromatic N) is 1. The first-order valence-corrected chi connectivity index (χ1v) is 6.90. The molecular weight excluding hydrogens is 266 g/mol. The summed E-state index contributed by atoms with van der Waals surface area (Å²) >= 11 is 0. The lowest BCUT2D eigenvalue weighted by atomic mass is 10.2. The number of ether oxygens (including phenoxy) is 1. The van der Waals surface area contributed by atoms with Crippen molar-refractivity contribution in [1.29, 1.82) is 0 Å². The molecule has 1 aromatic carbocycles. The molecule has 0 aliphatic heterocycles. The maximum absolute atomic E-state index is 12.3. The van der Waals surface area contributed by atoms with E-state index in [-0.39, 0.29) is 5.56 Å². The molecule has 5 nitrogen and oxygen atoms in total. The summed E-state index contributed by atoms with van der Waals surface area (Å²) in [6.07, 6.45) is 2.27. The summed E-state index contributed by atoms with van der Waals surface area (Å²) in [6, 6.07) is 7.72. The van der Waals surface area contributed by atoms with Gasteiger partial charge in [0.2, 0.25) is 0 Å². The fourth-order valence-electron chi connectivity index (χ4n) is 2.47. The first-order chi connectivity index (χ1) is 10.2. The average molecular weight is 283 g/mol. The SMILES string of the molecule is C=C(CCCc1nc2[nH]c3ccccc3c2c(=O)[nH]1)OC. The molecule has 0 bridgehead atoms. The normalized spacial score (nSPS) is 11.1. The minimum Gasteiger partial charge on any atom is -0.502 e. The Bertz CT molecular complexity index is 861. The van der Waals surface area contributed by atoms with Gasteiger partial charge in [-0.2, -0.15) is 0 Å². The van der Waals surface area contributed by atoms with Gasteiger partial charge in [-0.3, -0.25) is 4.79 Å². The Balaban J connectivity index is 1.94. The number of allylic oxidation sites excluding steroid dienone is 1. The van der Waals surface area contributed by atoms with Crippen LogP contribution in [0.5, 0.6) is 0 Å². The van der Waals surface area contributed by atoms with Gasteiger partial charge in [0.05, 0.1) is 18.3 Å². The summed E-state index contributed by atoms with van der Waals surface area (Å²) in [5, 5.41) is 1.52. The molecule has 2 N–H and O–H groups in total. The van der Waals surface area contributed by atoms with Crippen LogP contribution in [0.4, 0.5) is 0 Å². The van der Waals surface area contributed by atoms with E-state index in [2.05, 4.69) is 21.5 Å². The molecule has 0 fully saturated rings. The van der Waals surface area contributed by atoms with Gasteiger partial charge in [0.15, 0.2) is 0 Å². The van der Waals surface area contributed by atoms with Crippen LogP contribution in [0.25, 0.3) is 21.9 Å². The second-order valence-corrected chi connectivity index (χ2v) is 5.00. The lowest BCUT2D eigenvalue weighted by molar-refractivity contribution is 0.277. The zero-order valence-electron chi connectivity index (χ0n) is 11.9. The molecule has 0 radical (unpaired) electrons. The first-order valence-electron chi connectivity index (χ1n) is 6.90. The van der Waals surface area contributed by atoms with Crippen molar-refractivity contribution in [2.24, 2.45) is 0 Å². The molecule has 2 aromatic heterocycles. The van der Waals surface area contributed by atoms with Gasteiger partial charge in [-0.05, 0) is 12.5 Å². The van der Waals surface area contributed by atoms with Gasteiger partial charge in [0, 0.05) is 23.7 Å². The van der Waals surface area contributed by atoms with Gasteiger partial charge >= 0.3 is 0 Å². The fourth-order valence-corrected chi connectivity index (χ4v) is 2.47. The number of rotatable bonds is 5. The number of nitrogens with one attached hydrogen (secondary N) is 2. The number of H-pyrrole nitrogens is 2. The summed E-state index contributed by atoms with van der Waals surface area (Å²) in [6.45, 7) is 3.78. The summed E-state index contributed by atoms with van der Waals surface area (Å²) < 4.78 is 5.03. The van der Waals surface area contributed by atoms with Crippen LogP contribution >= 0.6 is 0 Å². The molecule has 0 aliphatic carbocycles. The van der Waals surface area contributed by atoms with Crippen LogP contribution in [0.15, 0.2) is 41.4 Å².